The minimum absolute atomic E-state index is 0. The maximum atomic E-state index is 11.6. The van der Waals surface area contributed by atoms with E-state index in [0.717, 1.165) is 44.2 Å². The molecule has 1 unspecified atom stereocenters. The third-order valence-corrected chi connectivity index (χ3v) is 5.19. The number of carbonyl (C=O) groups is 1. The molecule has 0 saturated carbocycles. The lowest BCUT2D eigenvalue weighted by atomic mass is 9.93. The molecule has 1 aliphatic rings. The van der Waals surface area contributed by atoms with E-state index in [1.807, 2.05) is 18.2 Å². The Morgan fingerprint density at radius 2 is 2.00 bits per heavy atom. The van der Waals surface area contributed by atoms with E-state index in [2.05, 4.69) is 35.4 Å². The number of ether oxygens (including phenoxy) is 1. The average molecular weight is 502 g/mol. The van der Waals surface area contributed by atoms with E-state index in [0.29, 0.717) is 18.9 Å². The summed E-state index contributed by atoms with van der Waals surface area (Å²) in [7, 11) is 3.41. The number of halogens is 1. The molecule has 158 valence electrons. The van der Waals surface area contributed by atoms with Gasteiger partial charge in [-0.05, 0) is 37.3 Å². The van der Waals surface area contributed by atoms with Gasteiger partial charge in [-0.15, -0.1) is 24.0 Å². The largest absolute Gasteiger partial charge is 0.496 e. The topological polar surface area (TPSA) is 66.0 Å². The quantitative estimate of drug-likeness (QED) is 0.342. The van der Waals surface area contributed by atoms with E-state index < -0.39 is 0 Å². The second-order valence-electron chi connectivity index (χ2n) is 7.15. The van der Waals surface area contributed by atoms with Gasteiger partial charge in [0.25, 0.3) is 0 Å². The van der Waals surface area contributed by atoms with Crippen molar-refractivity contribution in [1.82, 2.24) is 15.5 Å². The number of nitrogens with zero attached hydrogens (tertiary/aromatic N) is 2. The minimum Gasteiger partial charge on any atom is -0.496 e. The summed E-state index contributed by atoms with van der Waals surface area (Å²) < 4.78 is 5.48. The maximum absolute atomic E-state index is 11.6. The summed E-state index contributed by atoms with van der Waals surface area (Å²) in [6.07, 6.45) is 2.68. The van der Waals surface area contributed by atoms with Gasteiger partial charge in [-0.2, -0.15) is 0 Å². The highest BCUT2D eigenvalue weighted by molar-refractivity contribution is 14.0. The average Bonchev–Trinajstić information content (AvgIpc) is 2.71. The Morgan fingerprint density at radius 3 is 2.61 bits per heavy atom. The lowest BCUT2D eigenvalue weighted by Gasteiger charge is -2.34. The van der Waals surface area contributed by atoms with Crippen LogP contribution in [0.1, 0.15) is 44.6 Å². The number of rotatable bonds is 7. The van der Waals surface area contributed by atoms with Gasteiger partial charge in [0.2, 0.25) is 5.91 Å². The normalized spacial score (nSPS) is 16.1. The lowest BCUT2D eigenvalue weighted by Crippen LogP contribution is -2.46. The van der Waals surface area contributed by atoms with E-state index in [1.54, 1.807) is 14.2 Å². The van der Waals surface area contributed by atoms with Crippen LogP contribution in [0.25, 0.3) is 0 Å². The molecular formula is C21H35IN4O2. The fourth-order valence-corrected chi connectivity index (χ4v) is 3.53. The second-order valence-corrected chi connectivity index (χ2v) is 7.15. The summed E-state index contributed by atoms with van der Waals surface area (Å²) in [5.41, 5.74) is 1.18. The van der Waals surface area contributed by atoms with Crippen molar-refractivity contribution in [3.05, 3.63) is 29.8 Å². The molecule has 1 amide bonds. The number of benzene rings is 1. The van der Waals surface area contributed by atoms with Crippen molar-refractivity contribution >= 4 is 35.8 Å². The van der Waals surface area contributed by atoms with Gasteiger partial charge in [-0.1, -0.05) is 25.1 Å². The van der Waals surface area contributed by atoms with Crippen LogP contribution in [0.2, 0.25) is 0 Å². The van der Waals surface area contributed by atoms with Crippen molar-refractivity contribution in [3.63, 3.8) is 0 Å². The van der Waals surface area contributed by atoms with E-state index in [9.17, 15) is 4.79 Å². The molecular weight excluding hydrogens is 467 g/mol. The first kappa shape index (κ1) is 24.5. The first-order valence-corrected chi connectivity index (χ1v) is 9.95. The maximum Gasteiger partial charge on any atom is 0.220 e. The standard InChI is InChI=1S/C21H34N4O2.HI/c1-5-23-21(25-12-10-17(11-13-25)14-20(26)22-3)24-15-16(2)18-8-6-7-9-19(18)27-4;/h6-9,16-17H,5,10-15H2,1-4H3,(H,22,26)(H,23,24);1H. The monoisotopic (exact) mass is 502 g/mol. The number of amides is 1. The van der Waals surface area contributed by atoms with Gasteiger partial charge in [-0.3, -0.25) is 9.79 Å². The third kappa shape index (κ3) is 7.14. The number of hydrogen-bond donors (Lipinski definition) is 2. The van der Waals surface area contributed by atoms with Gasteiger partial charge in [0.15, 0.2) is 5.96 Å². The highest BCUT2D eigenvalue weighted by Gasteiger charge is 2.23. The fraction of sp³-hybridized carbons (Fsp3) is 0.619. The van der Waals surface area contributed by atoms with E-state index in [4.69, 9.17) is 9.73 Å². The number of likely N-dealkylation sites (tertiary alicyclic amines) is 1. The summed E-state index contributed by atoms with van der Waals surface area (Å²) >= 11 is 0. The summed E-state index contributed by atoms with van der Waals surface area (Å²) in [6, 6.07) is 8.14. The fourth-order valence-electron chi connectivity index (χ4n) is 3.53. The Hall–Kier alpha value is -1.51. The molecule has 2 rings (SSSR count). The molecule has 1 aromatic carbocycles. The van der Waals surface area contributed by atoms with Gasteiger partial charge in [0.1, 0.15) is 5.75 Å². The lowest BCUT2D eigenvalue weighted by molar-refractivity contribution is -0.121. The van der Waals surface area contributed by atoms with E-state index >= 15 is 0 Å². The van der Waals surface area contributed by atoms with Crippen LogP contribution in [0.4, 0.5) is 0 Å². The molecule has 7 heteroatoms. The van der Waals surface area contributed by atoms with Gasteiger partial charge in [0.05, 0.1) is 7.11 Å². The van der Waals surface area contributed by atoms with Crippen LogP contribution < -0.4 is 15.4 Å². The molecule has 2 N–H and O–H groups in total. The van der Waals surface area contributed by atoms with Crippen LogP contribution >= 0.6 is 24.0 Å². The number of guanidine groups is 1. The zero-order chi connectivity index (χ0) is 19.6. The number of aliphatic imine (C=N–C) groups is 1. The molecule has 1 fully saturated rings. The van der Waals surface area contributed by atoms with Gasteiger partial charge < -0.3 is 20.3 Å². The van der Waals surface area contributed by atoms with Crippen molar-refractivity contribution in [1.29, 1.82) is 0 Å². The summed E-state index contributed by atoms with van der Waals surface area (Å²) in [6.45, 7) is 7.71. The summed E-state index contributed by atoms with van der Waals surface area (Å²) in [5.74, 6) is 2.77. The van der Waals surface area contributed by atoms with Crippen molar-refractivity contribution in [3.8, 4) is 5.75 Å². The molecule has 1 aliphatic heterocycles. The third-order valence-electron chi connectivity index (χ3n) is 5.19. The first-order valence-electron chi connectivity index (χ1n) is 9.95. The number of hydrogen-bond acceptors (Lipinski definition) is 3. The predicted octanol–water partition coefficient (Wildman–Crippen LogP) is 3.23. The molecule has 0 bridgehead atoms. The Kier molecular flexibility index (Phi) is 11.3. The Labute approximate surface area is 186 Å². The molecule has 1 saturated heterocycles. The van der Waals surface area contributed by atoms with Crippen LogP contribution in [0.5, 0.6) is 5.75 Å². The van der Waals surface area contributed by atoms with Gasteiger partial charge >= 0.3 is 0 Å². The van der Waals surface area contributed by atoms with Crippen LogP contribution in [0.15, 0.2) is 29.3 Å². The van der Waals surface area contributed by atoms with Crippen molar-refractivity contribution in [2.24, 2.45) is 10.9 Å². The first-order chi connectivity index (χ1) is 13.1. The van der Waals surface area contributed by atoms with Crippen molar-refractivity contribution in [2.45, 2.75) is 39.0 Å². The molecule has 0 aromatic heterocycles. The molecule has 28 heavy (non-hydrogen) atoms. The number of piperidine rings is 1. The van der Waals surface area contributed by atoms with Gasteiger partial charge in [-0.25, -0.2) is 0 Å². The van der Waals surface area contributed by atoms with Crippen molar-refractivity contribution < 1.29 is 9.53 Å². The minimum atomic E-state index is 0. The zero-order valence-corrected chi connectivity index (χ0v) is 19.9. The predicted molar refractivity (Wildman–Crippen MR) is 126 cm³/mol. The second kappa shape index (κ2) is 12.9. The number of para-hydroxylation sites is 1. The zero-order valence-electron chi connectivity index (χ0n) is 17.5. The van der Waals surface area contributed by atoms with E-state index in [-0.39, 0.29) is 35.8 Å². The Balaban J connectivity index is 0.00000392. The van der Waals surface area contributed by atoms with Gasteiger partial charge in [0, 0.05) is 45.6 Å². The number of nitrogens with one attached hydrogen (secondary N) is 2. The summed E-state index contributed by atoms with van der Waals surface area (Å²) in [4.78, 5) is 18.8. The van der Waals surface area contributed by atoms with Crippen molar-refractivity contribution in [2.75, 3.05) is 40.3 Å². The number of carbonyl (C=O) groups excluding carboxylic acids is 1. The van der Waals surface area contributed by atoms with Crippen LogP contribution in [0.3, 0.4) is 0 Å². The Morgan fingerprint density at radius 1 is 1.32 bits per heavy atom. The molecule has 1 heterocycles. The molecule has 0 aliphatic carbocycles. The molecule has 0 spiro atoms. The SMILES string of the molecule is CCNC(=NCC(C)c1ccccc1OC)N1CCC(CC(=O)NC)CC1.I. The molecule has 1 aromatic rings. The highest BCUT2D eigenvalue weighted by Crippen LogP contribution is 2.26. The Bertz CT molecular complexity index is 631. The summed E-state index contributed by atoms with van der Waals surface area (Å²) in [5, 5.41) is 6.15. The highest BCUT2D eigenvalue weighted by atomic mass is 127. The van der Waals surface area contributed by atoms with E-state index in [1.165, 1.54) is 5.56 Å². The smallest absolute Gasteiger partial charge is 0.220 e. The molecule has 6 nitrogen and oxygen atoms in total. The molecule has 1 atom stereocenters. The van der Waals surface area contributed by atoms with Crippen LogP contribution in [0, 0.1) is 5.92 Å². The molecule has 0 radical (unpaired) electrons. The van der Waals surface area contributed by atoms with Crippen LogP contribution in [-0.4, -0.2) is 57.1 Å². The number of methoxy groups -OCH3 is 1. The van der Waals surface area contributed by atoms with Crippen LogP contribution in [-0.2, 0) is 4.79 Å².